The summed E-state index contributed by atoms with van der Waals surface area (Å²) in [7, 11) is 0. The summed E-state index contributed by atoms with van der Waals surface area (Å²) in [6.07, 6.45) is 5.12. The van der Waals surface area contributed by atoms with Crippen LogP contribution in [0.1, 0.15) is 23.7 Å². The average Bonchev–Trinajstić information content (AvgIpc) is 2.66. The van der Waals surface area contributed by atoms with Crippen LogP contribution in [0.25, 0.3) is 0 Å². The first-order valence-electron chi connectivity index (χ1n) is 4.85. The van der Waals surface area contributed by atoms with Crippen LogP contribution in [-0.2, 0) is 4.74 Å². The number of aldehydes is 1. The Bertz CT molecular complexity index is 342. The minimum Gasteiger partial charge on any atom is -0.377 e. The second kappa shape index (κ2) is 4.72. The largest absolute Gasteiger partial charge is 0.377 e. The van der Waals surface area contributed by atoms with Crippen molar-refractivity contribution < 1.29 is 9.53 Å². The number of aromatic nitrogens is 2. The predicted octanol–water partition coefficient (Wildman–Crippen LogP) is 1.56. The standard InChI is InChI=1S/C10H12N2O2S/c1-7-9(2-3-14-7)15-10-11-4-8(6-13)5-12-10/h4-7,9H,2-3H2,1H3. The number of nitrogens with zero attached hydrogens (tertiary/aromatic N) is 2. The quantitative estimate of drug-likeness (QED) is 0.576. The van der Waals surface area contributed by atoms with Gasteiger partial charge in [-0.05, 0) is 13.3 Å². The molecule has 0 amide bonds. The SMILES string of the molecule is CC1OCCC1Sc1ncc(C=O)cn1. The molecule has 0 aromatic carbocycles. The van der Waals surface area contributed by atoms with E-state index in [1.165, 1.54) is 0 Å². The molecule has 0 saturated carbocycles. The average molecular weight is 224 g/mol. The molecule has 80 valence electrons. The molecule has 2 rings (SSSR count). The van der Waals surface area contributed by atoms with E-state index >= 15 is 0 Å². The minimum absolute atomic E-state index is 0.254. The topological polar surface area (TPSA) is 52.1 Å². The lowest BCUT2D eigenvalue weighted by Gasteiger charge is -2.11. The van der Waals surface area contributed by atoms with Crippen LogP contribution in [0.2, 0.25) is 0 Å². The van der Waals surface area contributed by atoms with Gasteiger partial charge in [0, 0.05) is 24.3 Å². The Balaban J connectivity index is 2.01. The molecule has 15 heavy (non-hydrogen) atoms. The normalized spacial score (nSPS) is 25.4. The highest BCUT2D eigenvalue weighted by Crippen LogP contribution is 2.29. The summed E-state index contributed by atoms with van der Waals surface area (Å²) in [4.78, 5) is 18.6. The summed E-state index contributed by atoms with van der Waals surface area (Å²) in [5, 5.41) is 1.13. The molecule has 0 aliphatic carbocycles. The fraction of sp³-hybridized carbons (Fsp3) is 0.500. The van der Waals surface area contributed by atoms with Crippen molar-refractivity contribution in [3.8, 4) is 0 Å². The van der Waals surface area contributed by atoms with Crippen molar-refractivity contribution in [2.45, 2.75) is 29.9 Å². The van der Waals surface area contributed by atoms with Gasteiger partial charge in [0.1, 0.15) is 0 Å². The first-order chi connectivity index (χ1) is 7.29. The summed E-state index contributed by atoms with van der Waals surface area (Å²) in [6.45, 7) is 2.87. The molecule has 4 nitrogen and oxygen atoms in total. The van der Waals surface area contributed by atoms with E-state index in [0.29, 0.717) is 16.0 Å². The van der Waals surface area contributed by atoms with Gasteiger partial charge in [0.05, 0.1) is 11.7 Å². The number of hydrogen-bond donors (Lipinski definition) is 0. The molecule has 2 atom stereocenters. The minimum atomic E-state index is 0.254. The third-order valence-electron chi connectivity index (χ3n) is 2.35. The van der Waals surface area contributed by atoms with Crippen LogP contribution >= 0.6 is 11.8 Å². The number of hydrogen-bond acceptors (Lipinski definition) is 5. The molecular formula is C10H12N2O2S. The highest BCUT2D eigenvalue weighted by atomic mass is 32.2. The van der Waals surface area contributed by atoms with Gasteiger partial charge in [-0.2, -0.15) is 0 Å². The summed E-state index contributed by atoms with van der Waals surface area (Å²) in [6, 6.07) is 0. The van der Waals surface area contributed by atoms with Crippen LogP contribution in [0, 0.1) is 0 Å². The van der Waals surface area contributed by atoms with Crippen molar-refractivity contribution in [3.63, 3.8) is 0 Å². The maximum atomic E-state index is 10.4. The maximum absolute atomic E-state index is 10.4. The van der Waals surface area contributed by atoms with Crippen LogP contribution in [-0.4, -0.2) is 34.2 Å². The lowest BCUT2D eigenvalue weighted by atomic mass is 10.3. The second-order valence-electron chi connectivity index (χ2n) is 3.44. The zero-order valence-electron chi connectivity index (χ0n) is 8.42. The summed E-state index contributed by atoms with van der Waals surface area (Å²) >= 11 is 1.62. The lowest BCUT2D eigenvalue weighted by molar-refractivity contribution is 0.112. The molecule has 0 spiro atoms. The van der Waals surface area contributed by atoms with Gasteiger partial charge < -0.3 is 4.74 Å². The molecule has 1 saturated heterocycles. The molecule has 1 aliphatic heterocycles. The first-order valence-corrected chi connectivity index (χ1v) is 5.73. The number of ether oxygens (including phenoxy) is 1. The van der Waals surface area contributed by atoms with E-state index in [0.717, 1.165) is 19.3 Å². The first kappa shape index (κ1) is 10.6. The maximum Gasteiger partial charge on any atom is 0.187 e. The smallest absolute Gasteiger partial charge is 0.187 e. The number of rotatable bonds is 3. The summed E-state index contributed by atoms with van der Waals surface area (Å²) in [5.41, 5.74) is 0.509. The van der Waals surface area contributed by atoms with Crippen LogP contribution in [0.3, 0.4) is 0 Å². The van der Waals surface area contributed by atoms with E-state index in [-0.39, 0.29) is 6.10 Å². The van der Waals surface area contributed by atoms with Crippen LogP contribution in [0.15, 0.2) is 17.6 Å². The van der Waals surface area contributed by atoms with Gasteiger partial charge >= 0.3 is 0 Å². The molecule has 2 unspecified atom stereocenters. The zero-order chi connectivity index (χ0) is 10.7. The second-order valence-corrected chi connectivity index (χ2v) is 4.64. The van der Waals surface area contributed by atoms with Crippen molar-refractivity contribution in [3.05, 3.63) is 18.0 Å². The lowest BCUT2D eigenvalue weighted by Crippen LogP contribution is -2.13. The molecule has 5 heteroatoms. The molecule has 0 N–H and O–H groups in total. The fourth-order valence-corrected chi connectivity index (χ4v) is 2.43. The number of thioether (sulfide) groups is 1. The molecule has 1 aromatic rings. The van der Waals surface area contributed by atoms with Crippen molar-refractivity contribution in [1.29, 1.82) is 0 Å². The van der Waals surface area contributed by atoms with Gasteiger partial charge in [0.2, 0.25) is 0 Å². The molecule has 0 bridgehead atoms. The molecule has 1 fully saturated rings. The highest BCUT2D eigenvalue weighted by molar-refractivity contribution is 7.99. The van der Waals surface area contributed by atoms with Crippen molar-refractivity contribution in [2.75, 3.05) is 6.61 Å². The van der Waals surface area contributed by atoms with Gasteiger partial charge in [-0.3, -0.25) is 4.79 Å². The van der Waals surface area contributed by atoms with E-state index in [9.17, 15) is 4.79 Å². The molecule has 0 radical (unpaired) electrons. The molecule has 1 aliphatic rings. The zero-order valence-corrected chi connectivity index (χ0v) is 9.24. The van der Waals surface area contributed by atoms with Gasteiger partial charge in [-0.1, -0.05) is 11.8 Å². The van der Waals surface area contributed by atoms with Crippen molar-refractivity contribution >= 4 is 18.0 Å². The Morgan fingerprint density at radius 1 is 1.53 bits per heavy atom. The Labute approximate surface area is 92.5 Å². The predicted molar refractivity (Wildman–Crippen MR) is 57.1 cm³/mol. The highest BCUT2D eigenvalue weighted by Gasteiger charge is 2.25. The number of carbonyl (C=O) groups excluding carboxylic acids is 1. The Hall–Kier alpha value is -0.940. The Kier molecular flexibility index (Phi) is 3.33. The van der Waals surface area contributed by atoms with E-state index in [2.05, 4.69) is 16.9 Å². The van der Waals surface area contributed by atoms with E-state index in [1.54, 1.807) is 24.2 Å². The van der Waals surface area contributed by atoms with Gasteiger partial charge in [-0.15, -0.1) is 0 Å². The Morgan fingerprint density at radius 2 is 2.27 bits per heavy atom. The van der Waals surface area contributed by atoms with Crippen molar-refractivity contribution in [1.82, 2.24) is 9.97 Å². The van der Waals surface area contributed by atoms with Crippen LogP contribution < -0.4 is 0 Å². The molecule has 2 heterocycles. The number of carbonyl (C=O) groups is 1. The van der Waals surface area contributed by atoms with E-state index in [1.807, 2.05) is 0 Å². The Morgan fingerprint density at radius 3 is 2.80 bits per heavy atom. The molecular weight excluding hydrogens is 212 g/mol. The monoisotopic (exact) mass is 224 g/mol. The molecule has 1 aromatic heterocycles. The van der Waals surface area contributed by atoms with Crippen LogP contribution in [0.4, 0.5) is 0 Å². The summed E-state index contributed by atoms with van der Waals surface area (Å²) in [5.74, 6) is 0. The van der Waals surface area contributed by atoms with E-state index in [4.69, 9.17) is 4.74 Å². The summed E-state index contributed by atoms with van der Waals surface area (Å²) < 4.78 is 5.45. The van der Waals surface area contributed by atoms with Crippen molar-refractivity contribution in [2.24, 2.45) is 0 Å². The van der Waals surface area contributed by atoms with Gasteiger partial charge in [-0.25, -0.2) is 9.97 Å². The van der Waals surface area contributed by atoms with Crippen LogP contribution in [0.5, 0.6) is 0 Å². The van der Waals surface area contributed by atoms with Gasteiger partial charge in [0.15, 0.2) is 11.4 Å². The third kappa shape index (κ3) is 2.54. The third-order valence-corrected chi connectivity index (χ3v) is 3.69. The fourth-order valence-electron chi connectivity index (χ4n) is 1.45. The van der Waals surface area contributed by atoms with E-state index < -0.39 is 0 Å². The van der Waals surface area contributed by atoms with Gasteiger partial charge in [0.25, 0.3) is 0 Å².